The zero-order valence-corrected chi connectivity index (χ0v) is 16.7. The molecule has 0 radical (unpaired) electrons. The molecular weight excluding hydrogens is 393 g/mol. The molecule has 1 aliphatic heterocycles. The molecule has 1 aliphatic rings. The number of methoxy groups -OCH3 is 1. The van der Waals surface area contributed by atoms with Gasteiger partial charge in [-0.25, -0.2) is 14.2 Å². The number of aromatic nitrogens is 1. The molecular formula is C21H20FN3O3S. The number of thiazole rings is 1. The lowest BCUT2D eigenvalue weighted by Crippen LogP contribution is -2.40. The molecule has 2 heterocycles. The van der Waals surface area contributed by atoms with Crippen molar-refractivity contribution in [3.05, 3.63) is 53.8 Å². The smallest absolute Gasteiger partial charge is 0.339 e. The number of amides is 1. The molecule has 1 aromatic heterocycles. The van der Waals surface area contributed by atoms with E-state index >= 15 is 0 Å². The van der Waals surface area contributed by atoms with Crippen LogP contribution < -0.4 is 10.2 Å². The number of carbonyl (C=O) groups excluding carboxylic acids is 2. The summed E-state index contributed by atoms with van der Waals surface area (Å²) in [4.78, 5) is 31.3. The number of nitrogens with one attached hydrogen (secondary N) is 1. The van der Waals surface area contributed by atoms with Crippen molar-refractivity contribution in [2.75, 3.05) is 30.4 Å². The van der Waals surface area contributed by atoms with E-state index in [0.717, 1.165) is 29.2 Å². The maximum absolute atomic E-state index is 14.0. The van der Waals surface area contributed by atoms with Crippen LogP contribution in [0.1, 0.15) is 23.2 Å². The lowest BCUT2D eigenvalue weighted by atomic mass is 9.97. The van der Waals surface area contributed by atoms with Crippen molar-refractivity contribution < 1.29 is 18.7 Å². The number of carbonyl (C=O) groups is 2. The maximum atomic E-state index is 14.0. The summed E-state index contributed by atoms with van der Waals surface area (Å²) in [5.74, 6) is -1.25. The number of rotatable bonds is 4. The third kappa shape index (κ3) is 3.93. The molecule has 150 valence electrons. The molecule has 0 aliphatic carbocycles. The molecule has 1 N–H and O–H groups in total. The molecule has 1 unspecified atom stereocenters. The summed E-state index contributed by atoms with van der Waals surface area (Å²) in [7, 11) is 1.31. The zero-order chi connectivity index (χ0) is 20.4. The fourth-order valence-electron chi connectivity index (χ4n) is 3.52. The molecule has 4 rings (SSSR count). The Balaban J connectivity index is 1.50. The number of para-hydroxylation sites is 2. The van der Waals surface area contributed by atoms with Crippen LogP contribution in [0.25, 0.3) is 10.2 Å². The molecule has 1 saturated heterocycles. The number of hydrogen-bond acceptors (Lipinski definition) is 6. The van der Waals surface area contributed by atoms with Gasteiger partial charge in [-0.2, -0.15) is 0 Å². The summed E-state index contributed by atoms with van der Waals surface area (Å²) >= 11 is 1.43. The Morgan fingerprint density at radius 2 is 2.07 bits per heavy atom. The number of esters is 1. The van der Waals surface area contributed by atoms with Crippen LogP contribution in [0.5, 0.6) is 0 Å². The van der Waals surface area contributed by atoms with Crippen molar-refractivity contribution in [2.45, 2.75) is 12.8 Å². The lowest BCUT2D eigenvalue weighted by molar-refractivity contribution is -0.120. The van der Waals surface area contributed by atoms with E-state index in [2.05, 4.69) is 10.3 Å². The van der Waals surface area contributed by atoms with Gasteiger partial charge in [0.25, 0.3) is 0 Å². The second-order valence-electron chi connectivity index (χ2n) is 6.89. The van der Waals surface area contributed by atoms with Gasteiger partial charge in [0.1, 0.15) is 11.3 Å². The molecule has 1 amide bonds. The number of anilines is 2. The van der Waals surface area contributed by atoms with Gasteiger partial charge in [-0.1, -0.05) is 29.5 Å². The monoisotopic (exact) mass is 413 g/mol. The van der Waals surface area contributed by atoms with Crippen molar-refractivity contribution in [2.24, 2.45) is 5.92 Å². The van der Waals surface area contributed by atoms with Crippen LogP contribution in [0.4, 0.5) is 15.2 Å². The summed E-state index contributed by atoms with van der Waals surface area (Å²) in [5.41, 5.74) is 1.12. The SMILES string of the molecule is COC(=O)c1ccccc1NC(=O)C1CCCN(c2nc3c(F)cccc3s2)C1. The van der Waals surface area contributed by atoms with E-state index in [1.807, 2.05) is 11.0 Å². The number of piperidine rings is 1. The molecule has 6 nitrogen and oxygen atoms in total. The largest absolute Gasteiger partial charge is 0.465 e. The van der Waals surface area contributed by atoms with Gasteiger partial charge in [0.2, 0.25) is 5.91 Å². The van der Waals surface area contributed by atoms with E-state index in [-0.39, 0.29) is 17.6 Å². The van der Waals surface area contributed by atoms with Crippen molar-refractivity contribution in [1.29, 1.82) is 0 Å². The van der Waals surface area contributed by atoms with Crippen LogP contribution in [-0.2, 0) is 9.53 Å². The van der Waals surface area contributed by atoms with E-state index in [9.17, 15) is 14.0 Å². The lowest BCUT2D eigenvalue weighted by Gasteiger charge is -2.31. The van der Waals surface area contributed by atoms with Gasteiger partial charge < -0.3 is 15.0 Å². The highest BCUT2D eigenvalue weighted by molar-refractivity contribution is 7.22. The number of fused-ring (bicyclic) bond motifs is 1. The van der Waals surface area contributed by atoms with E-state index in [1.54, 1.807) is 30.3 Å². The second kappa shape index (κ2) is 8.16. The fourth-order valence-corrected chi connectivity index (χ4v) is 4.53. The molecule has 0 spiro atoms. The Morgan fingerprint density at radius 1 is 1.24 bits per heavy atom. The Hall–Kier alpha value is -3.00. The minimum atomic E-state index is -0.498. The Kier molecular flexibility index (Phi) is 5.44. The first kappa shape index (κ1) is 19.3. The van der Waals surface area contributed by atoms with E-state index in [4.69, 9.17) is 4.74 Å². The quantitative estimate of drug-likeness (QED) is 0.653. The van der Waals surface area contributed by atoms with Gasteiger partial charge in [-0.15, -0.1) is 0 Å². The third-order valence-corrected chi connectivity index (χ3v) is 6.09. The van der Waals surface area contributed by atoms with Gasteiger partial charge in [-0.3, -0.25) is 4.79 Å². The third-order valence-electron chi connectivity index (χ3n) is 5.01. The molecule has 3 aromatic rings. The van der Waals surface area contributed by atoms with E-state index in [0.29, 0.717) is 23.3 Å². The summed E-state index contributed by atoms with van der Waals surface area (Å²) in [6.45, 7) is 1.26. The second-order valence-corrected chi connectivity index (χ2v) is 7.90. The predicted octanol–water partition coefficient (Wildman–Crippen LogP) is 4.08. The number of hydrogen-bond donors (Lipinski definition) is 1. The standard InChI is InChI=1S/C21H20FN3O3S/c1-28-20(27)14-7-2-3-9-16(14)23-19(26)13-6-5-11-25(12-13)21-24-18-15(22)8-4-10-17(18)29-21/h2-4,7-10,13H,5-6,11-12H2,1H3,(H,23,26). The van der Waals surface area contributed by atoms with Crippen molar-refractivity contribution in [3.8, 4) is 0 Å². The zero-order valence-electron chi connectivity index (χ0n) is 15.9. The average molecular weight is 413 g/mol. The van der Waals surface area contributed by atoms with Crippen LogP contribution in [0.3, 0.4) is 0 Å². The molecule has 1 atom stereocenters. The number of ether oxygens (including phenoxy) is 1. The fraction of sp³-hybridized carbons (Fsp3) is 0.286. The number of halogens is 1. The molecule has 29 heavy (non-hydrogen) atoms. The Bertz CT molecular complexity index is 1070. The minimum absolute atomic E-state index is 0.154. The first-order chi connectivity index (χ1) is 14.1. The van der Waals surface area contributed by atoms with E-state index in [1.165, 1.54) is 24.5 Å². The van der Waals surface area contributed by atoms with Gasteiger partial charge in [0.15, 0.2) is 5.13 Å². The van der Waals surface area contributed by atoms with Crippen molar-refractivity contribution in [3.63, 3.8) is 0 Å². The summed E-state index contributed by atoms with van der Waals surface area (Å²) < 4.78 is 19.5. The van der Waals surface area contributed by atoms with Crippen molar-refractivity contribution in [1.82, 2.24) is 4.98 Å². The van der Waals surface area contributed by atoms with Gasteiger partial charge in [-0.05, 0) is 37.1 Å². The predicted molar refractivity (Wildman–Crippen MR) is 111 cm³/mol. The summed E-state index contributed by atoms with van der Waals surface area (Å²) in [5, 5.41) is 3.58. The summed E-state index contributed by atoms with van der Waals surface area (Å²) in [6, 6.07) is 11.7. The first-order valence-corrected chi connectivity index (χ1v) is 10.2. The molecule has 8 heteroatoms. The van der Waals surface area contributed by atoms with E-state index < -0.39 is 5.97 Å². The highest BCUT2D eigenvalue weighted by Gasteiger charge is 2.28. The Morgan fingerprint density at radius 3 is 2.86 bits per heavy atom. The van der Waals surface area contributed by atoms with Crippen LogP contribution in [0.2, 0.25) is 0 Å². The first-order valence-electron chi connectivity index (χ1n) is 9.35. The highest BCUT2D eigenvalue weighted by atomic mass is 32.1. The normalized spacial score (nSPS) is 16.6. The number of benzene rings is 2. The topological polar surface area (TPSA) is 71.5 Å². The number of nitrogens with zero attached hydrogens (tertiary/aromatic N) is 2. The van der Waals surface area contributed by atoms with Crippen LogP contribution in [0, 0.1) is 11.7 Å². The van der Waals surface area contributed by atoms with Crippen LogP contribution >= 0.6 is 11.3 Å². The van der Waals surface area contributed by atoms with Crippen LogP contribution in [-0.4, -0.2) is 37.1 Å². The van der Waals surface area contributed by atoms with Crippen LogP contribution in [0.15, 0.2) is 42.5 Å². The average Bonchev–Trinajstić information content (AvgIpc) is 3.19. The summed E-state index contributed by atoms with van der Waals surface area (Å²) in [6.07, 6.45) is 1.57. The van der Waals surface area contributed by atoms with Gasteiger partial charge in [0, 0.05) is 13.1 Å². The van der Waals surface area contributed by atoms with Gasteiger partial charge in [0.05, 0.1) is 29.0 Å². The highest BCUT2D eigenvalue weighted by Crippen LogP contribution is 2.33. The minimum Gasteiger partial charge on any atom is -0.465 e. The Labute approximate surface area is 171 Å². The molecule has 0 saturated carbocycles. The molecule has 2 aromatic carbocycles. The molecule has 1 fully saturated rings. The maximum Gasteiger partial charge on any atom is 0.339 e. The van der Waals surface area contributed by atoms with Gasteiger partial charge >= 0.3 is 5.97 Å². The molecule has 0 bridgehead atoms. The van der Waals surface area contributed by atoms with Crippen molar-refractivity contribution >= 4 is 44.2 Å².